The Bertz CT molecular complexity index is 334. The minimum absolute atomic E-state index is 0.712. The molecule has 1 rings (SSSR count). The van der Waals surface area contributed by atoms with Gasteiger partial charge in [-0.25, -0.2) is 0 Å². The maximum Gasteiger partial charge on any atom is 0.161 e. The van der Waals surface area contributed by atoms with Crippen LogP contribution in [0.5, 0.6) is 11.5 Å². The van der Waals surface area contributed by atoms with E-state index in [9.17, 15) is 0 Å². The van der Waals surface area contributed by atoms with Gasteiger partial charge < -0.3 is 9.47 Å². The molecule has 0 aromatic heterocycles. The Hall–Kier alpha value is -0.960. The van der Waals surface area contributed by atoms with Crippen LogP contribution < -0.4 is 9.47 Å². The molecule has 0 spiro atoms. The standard InChI is InChI=1S/C12H15BrO2/c1-3-8-15-11-5-4-10(6-7-13)9-12(11)14-2/h4-7,9H,3,8H2,1-2H3/b7-6+. The molecule has 0 saturated heterocycles. The summed E-state index contributed by atoms with van der Waals surface area (Å²) in [6, 6.07) is 5.87. The van der Waals surface area contributed by atoms with Crippen LogP contribution in [0, 0.1) is 0 Å². The summed E-state index contributed by atoms with van der Waals surface area (Å²) in [5.74, 6) is 1.57. The highest BCUT2D eigenvalue weighted by Gasteiger charge is 2.03. The molecule has 0 amide bonds. The summed E-state index contributed by atoms with van der Waals surface area (Å²) in [4.78, 5) is 1.81. The van der Waals surface area contributed by atoms with Crippen molar-refractivity contribution in [3.05, 3.63) is 28.7 Å². The van der Waals surface area contributed by atoms with Crippen molar-refractivity contribution in [1.29, 1.82) is 0 Å². The van der Waals surface area contributed by atoms with Gasteiger partial charge in [-0.3, -0.25) is 0 Å². The quantitative estimate of drug-likeness (QED) is 0.809. The Balaban J connectivity index is 2.88. The van der Waals surface area contributed by atoms with Gasteiger partial charge in [0.2, 0.25) is 0 Å². The van der Waals surface area contributed by atoms with E-state index in [2.05, 4.69) is 22.9 Å². The predicted octanol–water partition coefficient (Wildman–Crippen LogP) is 3.85. The molecule has 1 aromatic rings. The van der Waals surface area contributed by atoms with Gasteiger partial charge in [0.05, 0.1) is 13.7 Å². The highest BCUT2D eigenvalue weighted by atomic mass is 79.9. The number of hydrogen-bond acceptors (Lipinski definition) is 2. The van der Waals surface area contributed by atoms with Crippen LogP contribution in [0.3, 0.4) is 0 Å². The number of hydrogen-bond donors (Lipinski definition) is 0. The predicted molar refractivity (Wildman–Crippen MR) is 66.7 cm³/mol. The molecule has 0 aliphatic rings. The highest BCUT2D eigenvalue weighted by molar-refractivity contribution is 9.11. The largest absolute Gasteiger partial charge is 0.493 e. The van der Waals surface area contributed by atoms with Gasteiger partial charge in [0, 0.05) is 0 Å². The summed E-state index contributed by atoms with van der Waals surface area (Å²) in [5, 5.41) is 0. The summed E-state index contributed by atoms with van der Waals surface area (Å²) in [6.07, 6.45) is 2.94. The van der Waals surface area contributed by atoms with Gasteiger partial charge in [0.25, 0.3) is 0 Å². The molecule has 1 aromatic carbocycles. The molecule has 0 unspecified atom stereocenters. The second-order valence-corrected chi connectivity index (χ2v) is 3.58. The molecule has 0 N–H and O–H groups in total. The molecule has 0 saturated carbocycles. The lowest BCUT2D eigenvalue weighted by Crippen LogP contribution is -1.97. The van der Waals surface area contributed by atoms with E-state index >= 15 is 0 Å². The van der Waals surface area contributed by atoms with E-state index in [-0.39, 0.29) is 0 Å². The first-order valence-corrected chi connectivity index (χ1v) is 5.81. The van der Waals surface area contributed by atoms with Crippen LogP contribution in [0.1, 0.15) is 18.9 Å². The molecule has 0 fully saturated rings. The van der Waals surface area contributed by atoms with Crippen molar-refractivity contribution in [2.45, 2.75) is 13.3 Å². The van der Waals surface area contributed by atoms with Gasteiger partial charge in [-0.2, -0.15) is 0 Å². The second kappa shape index (κ2) is 6.51. The van der Waals surface area contributed by atoms with Crippen molar-refractivity contribution < 1.29 is 9.47 Å². The van der Waals surface area contributed by atoms with Gasteiger partial charge in [0.15, 0.2) is 11.5 Å². The Morgan fingerprint density at radius 1 is 1.33 bits per heavy atom. The lowest BCUT2D eigenvalue weighted by Gasteiger charge is -2.10. The van der Waals surface area contributed by atoms with Gasteiger partial charge in [-0.15, -0.1) is 0 Å². The number of rotatable bonds is 5. The van der Waals surface area contributed by atoms with Crippen molar-refractivity contribution in [1.82, 2.24) is 0 Å². The third-order valence-electron chi connectivity index (χ3n) is 1.90. The average Bonchev–Trinajstić information content (AvgIpc) is 2.27. The highest BCUT2D eigenvalue weighted by Crippen LogP contribution is 2.28. The maximum absolute atomic E-state index is 5.55. The number of ether oxygens (including phenoxy) is 2. The first-order valence-electron chi connectivity index (χ1n) is 4.89. The van der Waals surface area contributed by atoms with Gasteiger partial charge in [-0.05, 0) is 35.2 Å². The fourth-order valence-electron chi connectivity index (χ4n) is 1.19. The number of benzene rings is 1. The third kappa shape index (κ3) is 3.59. The zero-order chi connectivity index (χ0) is 11.1. The summed E-state index contributed by atoms with van der Waals surface area (Å²) in [6.45, 7) is 2.79. The lowest BCUT2D eigenvalue weighted by atomic mass is 10.2. The molecule has 0 bridgehead atoms. The van der Waals surface area contributed by atoms with Crippen molar-refractivity contribution >= 4 is 22.0 Å². The van der Waals surface area contributed by atoms with Crippen LogP contribution in [0.2, 0.25) is 0 Å². The van der Waals surface area contributed by atoms with Crippen LogP contribution in [0.4, 0.5) is 0 Å². The van der Waals surface area contributed by atoms with Crippen LogP contribution in [0.15, 0.2) is 23.2 Å². The summed E-state index contributed by atoms with van der Waals surface area (Å²) < 4.78 is 10.8. The average molecular weight is 271 g/mol. The molecule has 0 heterocycles. The monoisotopic (exact) mass is 270 g/mol. The van der Waals surface area contributed by atoms with Crippen LogP contribution >= 0.6 is 15.9 Å². The fraction of sp³-hybridized carbons (Fsp3) is 0.333. The van der Waals surface area contributed by atoms with Gasteiger partial charge in [-0.1, -0.05) is 28.9 Å². The van der Waals surface area contributed by atoms with Crippen molar-refractivity contribution in [3.8, 4) is 11.5 Å². The van der Waals surface area contributed by atoms with Crippen LogP contribution in [-0.4, -0.2) is 13.7 Å². The molecule has 82 valence electrons. The smallest absolute Gasteiger partial charge is 0.161 e. The maximum atomic E-state index is 5.55. The van der Waals surface area contributed by atoms with Gasteiger partial charge in [0.1, 0.15) is 0 Å². The van der Waals surface area contributed by atoms with E-state index in [4.69, 9.17) is 9.47 Å². The number of methoxy groups -OCH3 is 1. The van der Waals surface area contributed by atoms with E-state index in [0.717, 1.165) is 23.5 Å². The Labute approximate surface area is 99.0 Å². The molecule has 2 nitrogen and oxygen atoms in total. The zero-order valence-corrected chi connectivity index (χ0v) is 10.6. The van der Waals surface area contributed by atoms with E-state index in [1.807, 2.05) is 29.3 Å². The minimum Gasteiger partial charge on any atom is -0.493 e. The first kappa shape index (κ1) is 12.1. The fourth-order valence-corrected chi connectivity index (χ4v) is 1.50. The second-order valence-electron chi connectivity index (χ2n) is 3.05. The summed E-state index contributed by atoms with van der Waals surface area (Å²) in [5.41, 5.74) is 1.08. The van der Waals surface area contributed by atoms with Crippen molar-refractivity contribution in [2.24, 2.45) is 0 Å². The Kier molecular flexibility index (Phi) is 5.26. The van der Waals surface area contributed by atoms with Crippen molar-refractivity contribution in [2.75, 3.05) is 13.7 Å². The van der Waals surface area contributed by atoms with E-state index < -0.39 is 0 Å². The van der Waals surface area contributed by atoms with E-state index in [1.165, 1.54) is 0 Å². The third-order valence-corrected chi connectivity index (χ3v) is 2.17. The first-order chi connectivity index (χ1) is 7.31. The molecule has 15 heavy (non-hydrogen) atoms. The molecular weight excluding hydrogens is 256 g/mol. The SMILES string of the molecule is CCCOc1ccc(/C=C/Br)cc1OC. The van der Waals surface area contributed by atoms with Gasteiger partial charge >= 0.3 is 0 Å². The molecule has 3 heteroatoms. The molecule has 0 atom stereocenters. The van der Waals surface area contributed by atoms with E-state index in [1.54, 1.807) is 7.11 Å². The van der Waals surface area contributed by atoms with Crippen LogP contribution in [-0.2, 0) is 0 Å². The Morgan fingerprint density at radius 3 is 2.73 bits per heavy atom. The summed E-state index contributed by atoms with van der Waals surface area (Å²) in [7, 11) is 1.65. The summed E-state index contributed by atoms with van der Waals surface area (Å²) >= 11 is 3.24. The molecule has 0 radical (unpaired) electrons. The minimum atomic E-state index is 0.712. The topological polar surface area (TPSA) is 18.5 Å². The van der Waals surface area contributed by atoms with Crippen LogP contribution in [0.25, 0.3) is 6.08 Å². The molecule has 0 aliphatic heterocycles. The zero-order valence-electron chi connectivity index (χ0n) is 9.00. The number of halogens is 1. The van der Waals surface area contributed by atoms with E-state index in [0.29, 0.717) is 6.61 Å². The lowest BCUT2D eigenvalue weighted by molar-refractivity contribution is 0.294. The van der Waals surface area contributed by atoms with Crippen molar-refractivity contribution in [3.63, 3.8) is 0 Å². The normalized spacial score (nSPS) is 10.6. The Morgan fingerprint density at radius 2 is 2.13 bits per heavy atom. The molecular formula is C12H15BrO2. The molecule has 0 aliphatic carbocycles.